The number of nitrogens with one attached hydrogen (secondary N) is 2. The molecule has 0 aromatic heterocycles. The predicted octanol–water partition coefficient (Wildman–Crippen LogP) is 4.11. The van der Waals surface area contributed by atoms with Crippen molar-refractivity contribution in [2.24, 2.45) is 5.92 Å². The zero-order chi connectivity index (χ0) is 20.9. The van der Waals surface area contributed by atoms with E-state index in [-0.39, 0.29) is 17.2 Å². The van der Waals surface area contributed by atoms with Crippen LogP contribution in [0.1, 0.15) is 29.8 Å². The van der Waals surface area contributed by atoms with Crippen LogP contribution in [0.2, 0.25) is 0 Å². The molecule has 0 aliphatic carbocycles. The summed E-state index contributed by atoms with van der Waals surface area (Å²) < 4.78 is 43.1. The Hall–Kier alpha value is -3.03. The lowest BCUT2D eigenvalue weighted by Gasteiger charge is -2.22. The third-order valence-corrected chi connectivity index (χ3v) is 4.07. The maximum Gasteiger partial charge on any atom is 0.416 e. The molecule has 0 fully saturated rings. The van der Waals surface area contributed by atoms with Gasteiger partial charge >= 0.3 is 6.18 Å². The van der Waals surface area contributed by atoms with Gasteiger partial charge in [-0.05, 0) is 42.3 Å². The van der Waals surface area contributed by atoms with Gasteiger partial charge in [0.25, 0.3) is 5.91 Å². The Kier molecular flexibility index (Phi) is 6.66. The van der Waals surface area contributed by atoms with Gasteiger partial charge in [-0.25, -0.2) is 0 Å². The molecule has 2 rings (SSSR count). The smallest absolute Gasteiger partial charge is 0.416 e. The average Bonchev–Trinajstić information content (AvgIpc) is 2.65. The van der Waals surface area contributed by atoms with Crippen LogP contribution in [0.25, 0.3) is 0 Å². The molecule has 0 aliphatic heterocycles. The van der Waals surface area contributed by atoms with E-state index in [2.05, 4.69) is 10.6 Å². The van der Waals surface area contributed by atoms with Crippen molar-refractivity contribution in [1.29, 1.82) is 0 Å². The molecular weight excluding hydrogens is 373 g/mol. The van der Waals surface area contributed by atoms with Crippen molar-refractivity contribution >= 4 is 17.5 Å². The van der Waals surface area contributed by atoms with Crippen molar-refractivity contribution in [3.05, 3.63) is 59.7 Å². The summed E-state index contributed by atoms with van der Waals surface area (Å²) in [6.07, 6.45) is -4.45. The van der Waals surface area contributed by atoms with Gasteiger partial charge in [-0.1, -0.05) is 26.0 Å². The Morgan fingerprint density at radius 3 is 2.14 bits per heavy atom. The van der Waals surface area contributed by atoms with Crippen molar-refractivity contribution in [1.82, 2.24) is 5.32 Å². The van der Waals surface area contributed by atoms with E-state index in [1.807, 2.05) is 0 Å². The van der Waals surface area contributed by atoms with E-state index >= 15 is 0 Å². The van der Waals surface area contributed by atoms with Gasteiger partial charge in [0.2, 0.25) is 5.91 Å². The van der Waals surface area contributed by atoms with Gasteiger partial charge in [0.05, 0.1) is 18.2 Å². The highest BCUT2D eigenvalue weighted by Gasteiger charge is 2.30. The molecule has 1 unspecified atom stereocenters. The molecule has 0 bridgehead atoms. The van der Waals surface area contributed by atoms with Crippen LogP contribution in [0.5, 0.6) is 5.75 Å². The number of carbonyl (C=O) groups is 2. The van der Waals surface area contributed by atoms with Crippen LogP contribution >= 0.6 is 0 Å². The molecule has 28 heavy (non-hydrogen) atoms. The van der Waals surface area contributed by atoms with Crippen LogP contribution in [0.3, 0.4) is 0 Å². The lowest BCUT2D eigenvalue weighted by molar-refractivity contribution is -0.137. The number of rotatable bonds is 6. The molecule has 0 aliphatic rings. The van der Waals surface area contributed by atoms with Crippen LogP contribution in [-0.2, 0) is 11.0 Å². The summed E-state index contributed by atoms with van der Waals surface area (Å²) in [5, 5.41) is 5.19. The van der Waals surface area contributed by atoms with Gasteiger partial charge in [0.1, 0.15) is 11.8 Å². The van der Waals surface area contributed by atoms with E-state index in [0.717, 1.165) is 12.1 Å². The van der Waals surface area contributed by atoms with E-state index < -0.39 is 29.6 Å². The standard InChI is InChI=1S/C20H21F3N2O3/c1-12(2)17(25-18(26)15-6-4-5-7-16(15)28-3)19(27)24-14-10-8-13(9-11-14)20(21,22)23/h4-12,17H,1-3H3,(H,24,27)(H,25,26). The zero-order valence-electron chi connectivity index (χ0n) is 15.6. The molecule has 0 radical (unpaired) electrons. The fourth-order valence-corrected chi connectivity index (χ4v) is 2.55. The topological polar surface area (TPSA) is 67.4 Å². The van der Waals surface area contributed by atoms with Crippen LogP contribution in [0, 0.1) is 5.92 Å². The summed E-state index contributed by atoms with van der Waals surface area (Å²) in [6.45, 7) is 3.50. The van der Waals surface area contributed by atoms with Crippen molar-refractivity contribution < 1.29 is 27.5 Å². The Balaban J connectivity index is 2.13. The zero-order valence-corrected chi connectivity index (χ0v) is 15.6. The summed E-state index contributed by atoms with van der Waals surface area (Å²) in [5.74, 6) is -0.907. The largest absolute Gasteiger partial charge is 0.496 e. The first-order valence-electron chi connectivity index (χ1n) is 8.55. The SMILES string of the molecule is COc1ccccc1C(=O)NC(C(=O)Nc1ccc(C(F)(F)F)cc1)C(C)C. The fourth-order valence-electron chi connectivity index (χ4n) is 2.55. The summed E-state index contributed by atoms with van der Waals surface area (Å²) >= 11 is 0. The fraction of sp³-hybridized carbons (Fsp3) is 0.300. The number of benzene rings is 2. The van der Waals surface area contributed by atoms with Crippen molar-refractivity contribution in [2.45, 2.75) is 26.1 Å². The Morgan fingerprint density at radius 2 is 1.61 bits per heavy atom. The second kappa shape index (κ2) is 8.77. The van der Waals surface area contributed by atoms with Crippen molar-refractivity contribution in [3.8, 4) is 5.75 Å². The van der Waals surface area contributed by atoms with Crippen LogP contribution < -0.4 is 15.4 Å². The maximum absolute atomic E-state index is 12.6. The molecule has 2 amide bonds. The second-order valence-electron chi connectivity index (χ2n) is 6.46. The number of alkyl halides is 3. The molecule has 8 heteroatoms. The number of hydrogen-bond acceptors (Lipinski definition) is 3. The molecule has 0 heterocycles. The monoisotopic (exact) mass is 394 g/mol. The van der Waals surface area contributed by atoms with Gasteiger partial charge in [-0.3, -0.25) is 9.59 Å². The van der Waals surface area contributed by atoms with Crippen LogP contribution in [-0.4, -0.2) is 25.0 Å². The highest BCUT2D eigenvalue weighted by Crippen LogP contribution is 2.29. The molecular formula is C20H21F3N2O3. The predicted molar refractivity (Wildman–Crippen MR) is 99.2 cm³/mol. The number of hydrogen-bond donors (Lipinski definition) is 2. The number of para-hydroxylation sites is 1. The van der Waals surface area contributed by atoms with E-state index in [0.29, 0.717) is 5.75 Å². The van der Waals surface area contributed by atoms with Crippen molar-refractivity contribution in [3.63, 3.8) is 0 Å². The first-order valence-corrected chi connectivity index (χ1v) is 8.55. The number of methoxy groups -OCH3 is 1. The number of amides is 2. The molecule has 1 atom stereocenters. The first-order chi connectivity index (χ1) is 13.1. The summed E-state index contributed by atoms with van der Waals surface area (Å²) in [6, 6.07) is 9.79. The van der Waals surface area contributed by atoms with Gasteiger partial charge in [-0.15, -0.1) is 0 Å². The van der Waals surface area contributed by atoms with E-state index in [1.165, 1.54) is 19.2 Å². The normalized spacial score (nSPS) is 12.4. The third kappa shape index (κ3) is 5.25. The maximum atomic E-state index is 12.6. The van der Waals surface area contributed by atoms with Crippen molar-refractivity contribution in [2.75, 3.05) is 12.4 Å². The Morgan fingerprint density at radius 1 is 1.00 bits per heavy atom. The number of halogens is 3. The number of carbonyl (C=O) groups excluding carboxylic acids is 2. The van der Waals surface area contributed by atoms with Gasteiger partial charge in [0, 0.05) is 5.69 Å². The molecule has 2 N–H and O–H groups in total. The molecule has 2 aromatic carbocycles. The molecule has 0 saturated carbocycles. The lowest BCUT2D eigenvalue weighted by Crippen LogP contribution is -2.47. The van der Waals surface area contributed by atoms with Gasteiger partial charge < -0.3 is 15.4 Å². The quantitative estimate of drug-likeness (QED) is 0.775. The molecule has 150 valence electrons. The third-order valence-electron chi connectivity index (χ3n) is 4.07. The first kappa shape index (κ1) is 21.3. The number of anilines is 1. The van der Waals surface area contributed by atoms with E-state index in [9.17, 15) is 22.8 Å². The molecule has 0 saturated heterocycles. The van der Waals surface area contributed by atoms with E-state index in [4.69, 9.17) is 4.74 Å². The summed E-state index contributed by atoms with van der Waals surface area (Å²) in [7, 11) is 1.43. The average molecular weight is 394 g/mol. The highest BCUT2D eigenvalue weighted by atomic mass is 19.4. The Labute approximate surface area is 160 Å². The summed E-state index contributed by atoms with van der Waals surface area (Å²) in [4.78, 5) is 25.1. The second-order valence-corrected chi connectivity index (χ2v) is 6.46. The van der Waals surface area contributed by atoms with Crippen LogP contribution in [0.15, 0.2) is 48.5 Å². The Bertz CT molecular complexity index is 833. The van der Waals surface area contributed by atoms with Gasteiger partial charge in [0.15, 0.2) is 0 Å². The molecule has 0 spiro atoms. The minimum atomic E-state index is -4.45. The minimum absolute atomic E-state index is 0.204. The van der Waals surface area contributed by atoms with Crippen LogP contribution in [0.4, 0.5) is 18.9 Å². The van der Waals surface area contributed by atoms with E-state index in [1.54, 1.807) is 38.1 Å². The molecule has 2 aromatic rings. The molecule has 5 nitrogen and oxygen atoms in total. The minimum Gasteiger partial charge on any atom is -0.496 e. The van der Waals surface area contributed by atoms with Gasteiger partial charge in [-0.2, -0.15) is 13.2 Å². The number of ether oxygens (including phenoxy) is 1. The lowest BCUT2D eigenvalue weighted by atomic mass is 10.0. The summed E-state index contributed by atoms with van der Waals surface area (Å²) in [5.41, 5.74) is -0.330. The highest BCUT2D eigenvalue weighted by molar-refractivity contribution is 6.02.